The number of benzene rings is 3. The quantitative estimate of drug-likeness (QED) is 0.381. The van der Waals surface area contributed by atoms with Crippen LogP contribution in [0.4, 0.5) is 4.39 Å². The first-order chi connectivity index (χ1) is 14.3. The summed E-state index contributed by atoms with van der Waals surface area (Å²) in [6.07, 6.45) is 1.61. The second-order valence-corrected chi connectivity index (χ2v) is 7.92. The van der Waals surface area contributed by atoms with Crippen molar-refractivity contribution in [3.05, 3.63) is 97.4 Å². The molecular weight excluding hydrogens is 450 g/mol. The molecule has 7 heteroatoms. The molecule has 0 spiro atoms. The number of Topliss-reactive ketones (excluding diaryl/α,β-unsaturated/α-hetero) is 1. The van der Waals surface area contributed by atoms with Gasteiger partial charge in [0.05, 0.1) is 20.6 Å². The molecule has 0 aromatic heterocycles. The summed E-state index contributed by atoms with van der Waals surface area (Å²) in [5.74, 6) is 0.523. The van der Waals surface area contributed by atoms with Crippen molar-refractivity contribution in [3.63, 3.8) is 0 Å². The first kappa shape index (κ1) is 20.7. The van der Waals surface area contributed by atoms with Gasteiger partial charge in [-0.3, -0.25) is 4.79 Å². The largest absolute Gasteiger partial charge is 0.488 e. The number of ether oxygens (including phenoxy) is 2. The summed E-state index contributed by atoms with van der Waals surface area (Å²) < 4.78 is 24.9. The fourth-order valence-corrected chi connectivity index (χ4v) is 3.60. The van der Waals surface area contributed by atoms with Crippen molar-refractivity contribution < 1.29 is 18.7 Å². The first-order valence-corrected chi connectivity index (χ1v) is 10.1. The van der Waals surface area contributed by atoms with Crippen LogP contribution in [0.3, 0.4) is 0 Å². The van der Waals surface area contributed by atoms with Crippen molar-refractivity contribution in [1.29, 1.82) is 0 Å². The van der Waals surface area contributed by atoms with E-state index in [1.54, 1.807) is 49.4 Å². The molecule has 0 bridgehead atoms. The Hall–Kier alpha value is -2.53. The van der Waals surface area contributed by atoms with E-state index in [0.29, 0.717) is 43.8 Å². The SMILES string of the molecule is Cc1c(OCc2ccc(F)cc2Cl)ccc2c1O/C(=C\c1ccc(Cl)c(Cl)c1)C2=O. The molecule has 0 atom stereocenters. The Labute approximate surface area is 187 Å². The molecule has 0 saturated heterocycles. The van der Waals surface area contributed by atoms with Crippen LogP contribution >= 0.6 is 34.8 Å². The van der Waals surface area contributed by atoms with Gasteiger partial charge in [-0.05, 0) is 55.0 Å². The molecule has 3 aromatic rings. The number of hydrogen-bond acceptors (Lipinski definition) is 3. The van der Waals surface area contributed by atoms with Gasteiger partial charge in [-0.25, -0.2) is 4.39 Å². The van der Waals surface area contributed by atoms with Gasteiger partial charge < -0.3 is 9.47 Å². The summed E-state index contributed by atoms with van der Waals surface area (Å²) in [5.41, 5.74) is 2.47. The van der Waals surface area contributed by atoms with Gasteiger partial charge in [-0.15, -0.1) is 0 Å². The Morgan fingerprint density at radius 1 is 1.00 bits per heavy atom. The number of halogens is 4. The topological polar surface area (TPSA) is 35.5 Å². The zero-order chi connectivity index (χ0) is 21.4. The molecule has 1 aliphatic heterocycles. The molecule has 4 rings (SSSR count). The summed E-state index contributed by atoms with van der Waals surface area (Å²) in [4.78, 5) is 12.7. The molecule has 1 heterocycles. The summed E-state index contributed by atoms with van der Waals surface area (Å²) in [7, 11) is 0. The van der Waals surface area contributed by atoms with Gasteiger partial charge in [-0.2, -0.15) is 0 Å². The Morgan fingerprint density at radius 3 is 2.53 bits per heavy atom. The van der Waals surface area contributed by atoms with E-state index in [1.165, 1.54) is 12.1 Å². The van der Waals surface area contributed by atoms with E-state index >= 15 is 0 Å². The molecule has 0 amide bonds. The number of carbonyl (C=O) groups is 1. The molecule has 0 radical (unpaired) electrons. The van der Waals surface area contributed by atoms with Crippen LogP contribution < -0.4 is 9.47 Å². The smallest absolute Gasteiger partial charge is 0.231 e. The molecule has 30 heavy (non-hydrogen) atoms. The third-order valence-electron chi connectivity index (χ3n) is 4.68. The molecule has 0 saturated carbocycles. The minimum absolute atomic E-state index is 0.151. The van der Waals surface area contributed by atoms with Gasteiger partial charge in [0, 0.05) is 11.1 Å². The highest BCUT2D eigenvalue weighted by Gasteiger charge is 2.30. The minimum Gasteiger partial charge on any atom is -0.488 e. The molecule has 0 fully saturated rings. The normalized spacial score (nSPS) is 14.0. The van der Waals surface area contributed by atoms with E-state index in [-0.39, 0.29) is 23.2 Å². The fourth-order valence-electron chi connectivity index (χ4n) is 3.07. The monoisotopic (exact) mass is 462 g/mol. The van der Waals surface area contributed by atoms with Crippen LogP contribution in [0.5, 0.6) is 11.5 Å². The number of fused-ring (bicyclic) bond motifs is 1. The van der Waals surface area contributed by atoms with Crippen molar-refractivity contribution in [2.75, 3.05) is 0 Å². The molecule has 152 valence electrons. The summed E-state index contributed by atoms with van der Waals surface area (Å²) in [6.45, 7) is 1.95. The van der Waals surface area contributed by atoms with Gasteiger partial charge in [0.15, 0.2) is 5.76 Å². The average molecular weight is 464 g/mol. The number of rotatable bonds is 4. The predicted octanol–water partition coefficient (Wildman–Crippen LogP) is 7.29. The number of hydrogen-bond donors (Lipinski definition) is 0. The van der Waals surface area contributed by atoms with Gasteiger partial charge in [0.25, 0.3) is 0 Å². The van der Waals surface area contributed by atoms with E-state index in [4.69, 9.17) is 44.3 Å². The highest BCUT2D eigenvalue weighted by molar-refractivity contribution is 6.42. The maximum absolute atomic E-state index is 13.2. The highest BCUT2D eigenvalue weighted by atomic mass is 35.5. The number of carbonyl (C=O) groups excluding carboxylic acids is 1. The van der Waals surface area contributed by atoms with Crippen molar-refractivity contribution in [1.82, 2.24) is 0 Å². The second kappa shape index (κ2) is 8.31. The molecule has 0 aliphatic carbocycles. The zero-order valence-corrected chi connectivity index (χ0v) is 17.9. The van der Waals surface area contributed by atoms with Gasteiger partial charge in [-0.1, -0.05) is 46.9 Å². The van der Waals surface area contributed by atoms with Gasteiger partial charge in [0.1, 0.15) is 23.9 Å². The lowest BCUT2D eigenvalue weighted by molar-refractivity contribution is 0.101. The number of ketones is 1. The van der Waals surface area contributed by atoms with Crippen molar-refractivity contribution >= 4 is 46.7 Å². The maximum atomic E-state index is 13.2. The Balaban J connectivity index is 1.58. The van der Waals surface area contributed by atoms with Crippen molar-refractivity contribution in [2.45, 2.75) is 13.5 Å². The van der Waals surface area contributed by atoms with E-state index in [2.05, 4.69) is 0 Å². The van der Waals surface area contributed by atoms with E-state index < -0.39 is 5.82 Å². The second-order valence-electron chi connectivity index (χ2n) is 6.70. The van der Waals surface area contributed by atoms with Crippen LogP contribution in [0.15, 0.2) is 54.3 Å². The zero-order valence-electron chi connectivity index (χ0n) is 15.6. The average Bonchev–Trinajstić information content (AvgIpc) is 3.02. The standard InChI is InChI=1S/C23H14Cl3FO3/c1-12-20(29-11-14-3-4-15(27)10-18(14)25)7-5-16-22(28)21(30-23(12)16)9-13-2-6-17(24)19(26)8-13/h2-10H,11H2,1H3/b21-9-. The van der Waals surface area contributed by atoms with Crippen LogP contribution in [-0.4, -0.2) is 5.78 Å². The molecule has 1 aliphatic rings. The Bertz CT molecular complexity index is 1200. The Kier molecular flexibility index (Phi) is 5.74. The predicted molar refractivity (Wildman–Crippen MR) is 116 cm³/mol. The first-order valence-electron chi connectivity index (χ1n) is 8.93. The van der Waals surface area contributed by atoms with E-state index in [0.717, 1.165) is 0 Å². The molecule has 0 N–H and O–H groups in total. The van der Waals surface area contributed by atoms with Gasteiger partial charge in [0.2, 0.25) is 5.78 Å². The fraction of sp³-hybridized carbons (Fsp3) is 0.0870. The lowest BCUT2D eigenvalue weighted by atomic mass is 10.1. The van der Waals surface area contributed by atoms with Crippen molar-refractivity contribution in [3.8, 4) is 11.5 Å². The van der Waals surface area contributed by atoms with Crippen LogP contribution in [0.25, 0.3) is 6.08 Å². The third-order valence-corrected chi connectivity index (χ3v) is 5.77. The van der Waals surface area contributed by atoms with Crippen molar-refractivity contribution in [2.24, 2.45) is 0 Å². The van der Waals surface area contributed by atoms with Crippen LogP contribution in [0.2, 0.25) is 15.1 Å². The van der Waals surface area contributed by atoms with E-state index in [9.17, 15) is 9.18 Å². The maximum Gasteiger partial charge on any atom is 0.231 e. The molecule has 0 unspecified atom stereocenters. The molecule has 3 aromatic carbocycles. The highest BCUT2D eigenvalue weighted by Crippen LogP contribution is 2.40. The van der Waals surface area contributed by atoms with Crippen LogP contribution in [-0.2, 0) is 6.61 Å². The summed E-state index contributed by atoms with van der Waals surface area (Å²) in [6, 6.07) is 12.5. The number of allylic oxidation sites excluding steroid dienone is 1. The minimum atomic E-state index is -0.411. The lowest BCUT2D eigenvalue weighted by Crippen LogP contribution is -1.99. The Morgan fingerprint density at radius 2 is 1.80 bits per heavy atom. The van der Waals surface area contributed by atoms with Crippen LogP contribution in [0, 0.1) is 12.7 Å². The molecular formula is C23H14Cl3FO3. The molecule has 3 nitrogen and oxygen atoms in total. The van der Waals surface area contributed by atoms with E-state index in [1.807, 2.05) is 0 Å². The summed E-state index contributed by atoms with van der Waals surface area (Å²) >= 11 is 18.0. The lowest BCUT2D eigenvalue weighted by Gasteiger charge is -2.12. The third kappa shape index (κ3) is 4.04. The summed E-state index contributed by atoms with van der Waals surface area (Å²) in [5, 5.41) is 1.10. The van der Waals surface area contributed by atoms with Gasteiger partial charge >= 0.3 is 0 Å². The van der Waals surface area contributed by atoms with Crippen LogP contribution in [0.1, 0.15) is 27.0 Å².